The number of ether oxygens (including phenoxy) is 1. The molecule has 0 aliphatic rings. The van der Waals surface area contributed by atoms with Crippen molar-refractivity contribution in [3.8, 4) is 5.75 Å². The van der Waals surface area contributed by atoms with Crippen LogP contribution in [0.2, 0.25) is 5.02 Å². The Morgan fingerprint density at radius 2 is 2.20 bits per heavy atom. The highest BCUT2D eigenvalue weighted by Gasteiger charge is 2.14. The monoisotopic (exact) mass is 383 g/mol. The van der Waals surface area contributed by atoms with E-state index in [1.165, 1.54) is 29.7 Å². The summed E-state index contributed by atoms with van der Waals surface area (Å²) in [4.78, 5) is 12.8. The summed E-state index contributed by atoms with van der Waals surface area (Å²) >= 11 is 7.06. The van der Waals surface area contributed by atoms with Crippen molar-refractivity contribution in [2.45, 2.75) is 13.2 Å². The summed E-state index contributed by atoms with van der Waals surface area (Å²) in [5.41, 5.74) is 1.06. The number of rotatable bonds is 6. The van der Waals surface area contributed by atoms with Crippen LogP contribution in [0.1, 0.15) is 15.2 Å². The van der Waals surface area contributed by atoms with E-state index in [2.05, 4.69) is 15.2 Å². The van der Waals surface area contributed by atoms with E-state index in [1.54, 1.807) is 29.1 Å². The van der Waals surface area contributed by atoms with Crippen LogP contribution in [0.15, 0.2) is 48.1 Å². The zero-order valence-corrected chi connectivity index (χ0v) is 14.2. The van der Waals surface area contributed by atoms with Crippen molar-refractivity contribution < 1.29 is 18.3 Å². The van der Waals surface area contributed by atoms with E-state index in [9.17, 15) is 13.6 Å². The normalized spacial score (nSPS) is 10.9. The fourth-order valence-corrected chi connectivity index (χ4v) is 3.10. The third-order valence-electron chi connectivity index (χ3n) is 3.18. The van der Waals surface area contributed by atoms with Crippen molar-refractivity contribution >= 4 is 34.5 Å². The van der Waals surface area contributed by atoms with E-state index in [0.717, 1.165) is 5.56 Å². The second-order valence-electron chi connectivity index (χ2n) is 5.00. The molecule has 5 nitrogen and oxygen atoms in total. The number of halogens is 3. The first-order valence-corrected chi connectivity index (χ1v) is 8.37. The van der Waals surface area contributed by atoms with Crippen molar-refractivity contribution in [3.63, 3.8) is 0 Å². The molecule has 0 fully saturated rings. The summed E-state index contributed by atoms with van der Waals surface area (Å²) in [6.07, 6.45) is 3.21. The largest absolute Gasteiger partial charge is 0.433 e. The second-order valence-corrected chi connectivity index (χ2v) is 6.35. The lowest BCUT2D eigenvalue weighted by Crippen LogP contribution is -2.12. The molecule has 0 atom stereocenters. The van der Waals surface area contributed by atoms with Gasteiger partial charge in [-0.2, -0.15) is 13.9 Å². The first kappa shape index (κ1) is 17.4. The minimum absolute atomic E-state index is 0.0891. The van der Waals surface area contributed by atoms with E-state index in [0.29, 0.717) is 16.4 Å². The van der Waals surface area contributed by atoms with E-state index in [-0.39, 0.29) is 11.4 Å². The maximum Gasteiger partial charge on any atom is 0.387 e. The van der Waals surface area contributed by atoms with Crippen molar-refractivity contribution in [2.75, 3.05) is 5.32 Å². The summed E-state index contributed by atoms with van der Waals surface area (Å²) in [6.45, 7) is -2.49. The van der Waals surface area contributed by atoms with Crippen LogP contribution >= 0.6 is 22.9 Å². The number of hydrogen-bond donors (Lipinski definition) is 1. The Bertz CT molecular complexity index is 882. The predicted molar refractivity (Wildman–Crippen MR) is 91.7 cm³/mol. The van der Waals surface area contributed by atoms with Crippen LogP contribution in [-0.4, -0.2) is 22.3 Å². The Labute approximate surface area is 150 Å². The molecule has 0 radical (unpaired) electrons. The van der Waals surface area contributed by atoms with Gasteiger partial charge in [-0.05, 0) is 29.1 Å². The molecule has 0 aliphatic carbocycles. The number of amides is 1. The van der Waals surface area contributed by atoms with Crippen molar-refractivity contribution in [1.29, 1.82) is 0 Å². The van der Waals surface area contributed by atoms with Crippen molar-refractivity contribution in [2.24, 2.45) is 0 Å². The van der Waals surface area contributed by atoms with E-state index < -0.39 is 12.5 Å². The molecule has 0 saturated carbocycles. The van der Waals surface area contributed by atoms with Gasteiger partial charge >= 0.3 is 6.61 Å². The molecular formula is C16H12ClF2N3O2S. The third kappa shape index (κ3) is 4.55. The Kier molecular flexibility index (Phi) is 5.30. The Morgan fingerprint density at radius 1 is 1.40 bits per heavy atom. The fraction of sp³-hybridized carbons (Fsp3) is 0.125. The molecule has 1 amide bonds. The van der Waals surface area contributed by atoms with Crippen LogP contribution in [0.4, 0.5) is 14.5 Å². The molecule has 1 N–H and O–H groups in total. The van der Waals surface area contributed by atoms with E-state index in [4.69, 9.17) is 11.6 Å². The van der Waals surface area contributed by atoms with Gasteiger partial charge in [-0.1, -0.05) is 23.7 Å². The SMILES string of the molecule is O=C(Nc1ccccc1OC(F)F)c1cc(Cn2cc(Cl)cn2)cs1. The molecule has 25 heavy (non-hydrogen) atoms. The van der Waals surface area contributed by atoms with Crippen LogP contribution in [0.25, 0.3) is 0 Å². The lowest BCUT2D eigenvalue weighted by molar-refractivity contribution is -0.0493. The lowest BCUT2D eigenvalue weighted by atomic mass is 10.2. The number of hydrogen-bond acceptors (Lipinski definition) is 4. The molecule has 9 heteroatoms. The van der Waals surface area contributed by atoms with Gasteiger partial charge in [0.15, 0.2) is 0 Å². The fourth-order valence-electron chi connectivity index (χ4n) is 2.14. The summed E-state index contributed by atoms with van der Waals surface area (Å²) in [6, 6.07) is 7.74. The quantitative estimate of drug-likeness (QED) is 0.681. The zero-order valence-electron chi connectivity index (χ0n) is 12.7. The molecule has 1 aromatic carbocycles. The summed E-state index contributed by atoms with van der Waals surface area (Å²) in [5.74, 6) is -0.492. The van der Waals surface area contributed by atoms with Gasteiger partial charge in [0.2, 0.25) is 0 Å². The lowest BCUT2D eigenvalue weighted by Gasteiger charge is -2.10. The number of thiophene rings is 1. The van der Waals surface area contributed by atoms with Gasteiger partial charge in [0.1, 0.15) is 5.75 Å². The van der Waals surface area contributed by atoms with Gasteiger partial charge in [-0.25, -0.2) is 0 Å². The van der Waals surface area contributed by atoms with E-state index >= 15 is 0 Å². The highest BCUT2D eigenvalue weighted by molar-refractivity contribution is 7.12. The molecule has 2 heterocycles. The van der Waals surface area contributed by atoms with Gasteiger partial charge in [-0.3, -0.25) is 9.48 Å². The average Bonchev–Trinajstić information content (AvgIpc) is 3.18. The number of benzene rings is 1. The van der Waals surface area contributed by atoms with Crippen LogP contribution in [0.5, 0.6) is 5.75 Å². The van der Waals surface area contributed by atoms with Crippen molar-refractivity contribution in [3.05, 3.63) is 63.6 Å². The van der Waals surface area contributed by atoms with Gasteiger partial charge in [0.05, 0.1) is 28.3 Å². The number of carbonyl (C=O) groups is 1. The molecule has 0 aliphatic heterocycles. The number of nitrogens with one attached hydrogen (secondary N) is 1. The maximum absolute atomic E-state index is 12.4. The number of nitrogens with zero attached hydrogens (tertiary/aromatic N) is 2. The minimum atomic E-state index is -2.97. The number of carbonyl (C=O) groups excluding carboxylic acids is 1. The zero-order chi connectivity index (χ0) is 17.8. The van der Waals surface area contributed by atoms with Crippen LogP contribution in [0, 0.1) is 0 Å². The molecule has 3 rings (SSSR count). The summed E-state index contributed by atoms with van der Waals surface area (Å²) < 4.78 is 30.9. The van der Waals surface area contributed by atoms with Crippen LogP contribution in [0.3, 0.4) is 0 Å². The Hall–Kier alpha value is -2.45. The summed E-state index contributed by atoms with van der Waals surface area (Å²) in [7, 11) is 0. The number of alkyl halides is 2. The molecule has 3 aromatic rings. The third-order valence-corrected chi connectivity index (χ3v) is 4.35. The first-order chi connectivity index (χ1) is 12.0. The predicted octanol–water partition coefficient (Wildman–Crippen LogP) is 4.50. The molecule has 0 bridgehead atoms. The van der Waals surface area contributed by atoms with Crippen molar-refractivity contribution in [1.82, 2.24) is 9.78 Å². The van der Waals surface area contributed by atoms with Crippen LogP contribution < -0.4 is 10.1 Å². The number of aromatic nitrogens is 2. The molecule has 0 unspecified atom stereocenters. The van der Waals surface area contributed by atoms with Crippen LogP contribution in [-0.2, 0) is 6.54 Å². The molecular weight excluding hydrogens is 372 g/mol. The molecule has 0 saturated heterocycles. The van der Waals surface area contributed by atoms with Gasteiger partial charge in [-0.15, -0.1) is 11.3 Å². The molecule has 130 valence electrons. The first-order valence-electron chi connectivity index (χ1n) is 7.12. The Balaban J connectivity index is 1.70. The van der Waals surface area contributed by atoms with Gasteiger partial charge in [0.25, 0.3) is 5.91 Å². The van der Waals surface area contributed by atoms with E-state index in [1.807, 2.05) is 5.38 Å². The summed E-state index contributed by atoms with van der Waals surface area (Å²) in [5, 5.41) is 9.01. The number of para-hydroxylation sites is 2. The standard InChI is InChI=1S/C16H12ClF2N3O2S/c17-11-6-20-22(8-11)7-10-5-14(25-9-10)15(23)21-12-3-1-2-4-13(12)24-16(18)19/h1-6,8-9,16H,7H2,(H,21,23). The number of anilines is 1. The highest BCUT2D eigenvalue weighted by atomic mass is 35.5. The highest BCUT2D eigenvalue weighted by Crippen LogP contribution is 2.27. The minimum Gasteiger partial charge on any atom is -0.433 e. The average molecular weight is 384 g/mol. The van der Waals surface area contributed by atoms with Gasteiger partial charge in [0, 0.05) is 6.20 Å². The maximum atomic E-state index is 12.4. The smallest absolute Gasteiger partial charge is 0.387 e. The topological polar surface area (TPSA) is 56.1 Å². The Morgan fingerprint density at radius 3 is 2.92 bits per heavy atom. The molecule has 2 aromatic heterocycles. The van der Waals surface area contributed by atoms with Gasteiger partial charge < -0.3 is 10.1 Å². The second kappa shape index (κ2) is 7.62. The molecule has 0 spiro atoms.